The van der Waals surface area contributed by atoms with Crippen LogP contribution in [0.1, 0.15) is 51.8 Å². The summed E-state index contributed by atoms with van der Waals surface area (Å²) in [5.41, 5.74) is 9.81. The summed E-state index contributed by atoms with van der Waals surface area (Å²) in [7, 11) is 0. The Morgan fingerprint density at radius 1 is 1.15 bits per heavy atom. The highest BCUT2D eigenvalue weighted by atomic mass is 15.3. The van der Waals surface area contributed by atoms with Gasteiger partial charge in [0.1, 0.15) is 5.82 Å². The van der Waals surface area contributed by atoms with E-state index < -0.39 is 0 Å². The number of nitrogens with two attached hydrogens (primary N) is 1. The first-order valence-electron chi connectivity index (χ1n) is 7.44. The summed E-state index contributed by atoms with van der Waals surface area (Å²) < 4.78 is 1.89. The molecule has 0 saturated heterocycles. The van der Waals surface area contributed by atoms with E-state index in [2.05, 4.69) is 27.7 Å². The Morgan fingerprint density at radius 3 is 2.35 bits per heavy atom. The van der Waals surface area contributed by atoms with E-state index in [0.717, 1.165) is 36.5 Å². The summed E-state index contributed by atoms with van der Waals surface area (Å²) in [6.45, 7) is 8.86. The number of para-hydroxylation sites is 1. The molecule has 0 fully saturated rings. The Labute approximate surface area is 121 Å². The Kier molecular flexibility index (Phi) is 4.17. The average molecular weight is 271 g/mol. The molecule has 108 valence electrons. The summed E-state index contributed by atoms with van der Waals surface area (Å²) in [6, 6.07) is 10.1. The van der Waals surface area contributed by atoms with Crippen molar-refractivity contribution < 1.29 is 0 Å². The van der Waals surface area contributed by atoms with E-state index in [1.165, 1.54) is 5.56 Å². The van der Waals surface area contributed by atoms with Crippen LogP contribution in [0.3, 0.4) is 0 Å². The van der Waals surface area contributed by atoms with E-state index in [-0.39, 0.29) is 5.41 Å². The minimum atomic E-state index is 0.0542. The van der Waals surface area contributed by atoms with Gasteiger partial charge in [-0.3, -0.25) is 0 Å². The van der Waals surface area contributed by atoms with Gasteiger partial charge in [0.2, 0.25) is 0 Å². The number of benzene rings is 1. The molecule has 0 unspecified atom stereocenters. The van der Waals surface area contributed by atoms with Crippen LogP contribution in [0.2, 0.25) is 0 Å². The first-order chi connectivity index (χ1) is 9.51. The molecule has 1 aromatic carbocycles. The van der Waals surface area contributed by atoms with Crippen molar-refractivity contribution in [2.24, 2.45) is 0 Å². The predicted octanol–water partition coefficient (Wildman–Crippen LogP) is 4.09. The second-order valence-corrected chi connectivity index (χ2v) is 5.95. The van der Waals surface area contributed by atoms with Crippen molar-refractivity contribution in [3.05, 3.63) is 41.6 Å². The highest BCUT2D eigenvalue weighted by molar-refractivity contribution is 5.51. The maximum atomic E-state index is 6.37. The fraction of sp³-hybridized carbons (Fsp3) is 0.471. The molecular weight excluding hydrogens is 246 g/mol. The second-order valence-electron chi connectivity index (χ2n) is 5.95. The fourth-order valence-electron chi connectivity index (χ4n) is 2.44. The van der Waals surface area contributed by atoms with Gasteiger partial charge in [-0.05, 0) is 25.0 Å². The number of hydrogen-bond acceptors (Lipinski definition) is 2. The predicted molar refractivity (Wildman–Crippen MR) is 85.3 cm³/mol. The minimum absolute atomic E-state index is 0.0542. The normalized spacial score (nSPS) is 11.8. The molecule has 3 nitrogen and oxygen atoms in total. The number of rotatable bonds is 5. The molecule has 0 atom stereocenters. The summed E-state index contributed by atoms with van der Waals surface area (Å²) in [5.74, 6) is 0.787. The Bertz CT molecular complexity index is 567. The lowest BCUT2D eigenvalue weighted by Crippen LogP contribution is -2.18. The first kappa shape index (κ1) is 14.6. The first-order valence-corrected chi connectivity index (χ1v) is 7.44. The van der Waals surface area contributed by atoms with Gasteiger partial charge in [0.25, 0.3) is 0 Å². The van der Waals surface area contributed by atoms with E-state index in [0.29, 0.717) is 0 Å². The van der Waals surface area contributed by atoms with Crippen LogP contribution in [0.5, 0.6) is 0 Å². The van der Waals surface area contributed by atoms with Crippen molar-refractivity contribution in [3.63, 3.8) is 0 Å². The zero-order valence-corrected chi connectivity index (χ0v) is 13.0. The standard InChI is InChI=1S/C17H25N3/c1-5-10-14-15(17(3,4)6-2)19-20(16(14)18)13-11-8-7-9-12-13/h7-9,11-12H,5-6,10,18H2,1-4H3. The van der Waals surface area contributed by atoms with Crippen LogP contribution >= 0.6 is 0 Å². The van der Waals surface area contributed by atoms with Crippen molar-refractivity contribution in [2.45, 2.75) is 52.4 Å². The average Bonchev–Trinajstić information content (AvgIpc) is 2.79. The van der Waals surface area contributed by atoms with E-state index in [1.807, 2.05) is 35.0 Å². The van der Waals surface area contributed by atoms with E-state index in [9.17, 15) is 0 Å². The molecule has 0 saturated carbocycles. The van der Waals surface area contributed by atoms with Gasteiger partial charge in [0, 0.05) is 11.0 Å². The maximum Gasteiger partial charge on any atom is 0.130 e. The van der Waals surface area contributed by atoms with Crippen LogP contribution in [-0.2, 0) is 11.8 Å². The van der Waals surface area contributed by atoms with E-state index in [1.54, 1.807) is 0 Å². The summed E-state index contributed by atoms with van der Waals surface area (Å²) in [6.07, 6.45) is 3.11. The molecule has 0 aliphatic heterocycles. The molecule has 1 aromatic heterocycles. The zero-order chi connectivity index (χ0) is 14.8. The van der Waals surface area contributed by atoms with Gasteiger partial charge in [-0.15, -0.1) is 0 Å². The molecule has 0 aliphatic rings. The highest BCUT2D eigenvalue weighted by Crippen LogP contribution is 2.33. The third-order valence-corrected chi connectivity index (χ3v) is 4.05. The SMILES string of the molecule is CCCc1c(C(C)(C)CC)nn(-c2ccccc2)c1N. The summed E-state index contributed by atoms with van der Waals surface area (Å²) >= 11 is 0. The fourth-order valence-corrected chi connectivity index (χ4v) is 2.44. The summed E-state index contributed by atoms with van der Waals surface area (Å²) in [4.78, 5) is 0. The van der Waals surface area contributed by atoms with Gasteiger partial charge in [0.15, 0.2) is 0 Å². The zero-order valence-electron chi connectivity index (χ0n) is 13.0. The molecule has 0 bridgehead atoms. The molecule has 0 radical (unpaired) electrons. The molecule has 1 heterocycles. The lowest BCUT2D eigenvalue weighted by atomic mass is 9.83. The van der Waals surface area contributed by atoms with Crippen LogP contribution < -0.4 is 5.73 Å². The number of nitrogens with zero attached hydrogens (tertiary/aromatic N) is 2. The van der Waals surface area contributed by atoms with Gasteiger partial charge < -0.3 is 5.73 Å². The second kappa shape index (κ2) is 5.70. The van der Waals surface area contributed by atoms with Crippen LogP contribution in [-0.4, -0.2) is 9.78 Å². The van der Waals surface area contributed by atoms with Crippen molar-refractivity contribution in [3.8, 4) is 5.69 Å². The van der Waals surface area contributed by atoms with Gasteiger partial charge in [0.05, 0.1) is 11.4 Å². The molecule has 0 spiro atoms. The number of anilines is 1. The lowest BCUT2D eigenvalue weighted by molar-refractivity contribution is 0.481. The monoisotopic (exact) mass is 271 g/mol. The topological polar surface area (TPSA) is 43.8 Å². The number of hydrogen-bond donors (Lipinski definition) is 1. The molecule has 2 N–H and O–H groups in total. The van der Waals surface area contributed by atoms with Crippen LogP contribution in [0.4, 0.5) is 5.82 Å². The van der Waals surface area contributed by atoms with Gasteiger partial charge in [-0.2, -0.15) is 5.10 Å². The van der Waals surface area contributed by atoms with Crippen LogP contribution in [0.15, 0.2) is 30.3 Å². The Balaban J connectivity index is 2.59. The molecule has 2 rings (SSSR count). The molecule has 0 amide bonds. The third-order valence-electron chi connectivity index (χ3n) is 4.05. The van der Waals surface area contributed by atoms with Crippen molar-refractivity contribution in [1.29, 1.82) is 0 Å². The maximum absolute atomic E-state index is 6.37. The molecular formula is C17H25N3. The number of nitrogen functional groups attached to an aromatic ring is 1. The van der Waals surface area contributed by atoms with Crippen molar-refractivity contribution in [1.82, 2.24) is 9.78 Å². The Hall–Kier alpha value is -1.77. The van der Waals surface area contributed by atoms with Crippen LogP contribution in [0, 0.1) is 0 Å². The lowest BCUT2D eigenvalue weighted by Gasteiger charge is -2.21. The third kappa shape index (κ3) is 2.58. The van der Waals surface area contributed by atoms with Crippen molar-refractivity contribution >= 4 is 5.82 Å². The molecule has 20 heavy (non-hydrogen) atoms. The van der Waals surface area contributed by atoms with E-state index >= 15 is 0 Å². The summed E-state index contributed by atoms with van der Waals surface area (Å²) in [5, 5.41) is 4.83. The quantitative estimate of drug-likeness (QED) is 0.890. The largest absolute Gasteiger partial charge is 0.383 e. The smallest absolute Gasteiger partial charge is 0.130 e. The van der Waals surface area contributed by atoms with Gasteiger partial charge in [-0.1, -0.05) is 52.3 Å². The van der Waals surface area contributed by atoms with Gasteiger partial charge in [-0.25, -0.2) is 4.68 Å². The molecule has 2 aromatic rings. The molecule has 0 aliphatic carbocycles. The van der Waals surface area contributed by atoms with Gasteiger partial charge >= 0.3 is 0 Å². The number of aromatic nitrogens is 2. The minimum Gasteiger partial charge on any atom is -0.383 e. The van der Waals surface area contributed by atoms with E-state index in [4.69, 9.17) is 10.8 Å². The van der Waals surface area contributed by atoms with Crippen LogP contribution in [0.25, 0.3) is 5.69 Å². The van der Waals surface area contributed by atoms with Crippen molar-refractivity contribution in [2.75, 3.05) is 5.73 Å². The molecule has 3 heteroatoms. The highest BCUT2D eigenvalue weighted by Gasteiger charge is 2.28. The Morgan fingerprint density at radius 2 is 1.80 bits per heavy atom.